The Hall–Kier alpha value is -2.65. The topological polar surface area (TPSA) is 86.8 Å². The fourth-order valence-electron chi connectivity index (χ4n) is 5.06. The third-order valence-corrected chi connectivity index (χ3v) is 7.00. The molecule has 37 heavy (non-hydrogen) atoms. The van der Waals surface area contributed by atoms with Gasteiger partial charge in [-0.1, -0.05) is 18.2 Å². The summed E-state index contributed by atoms with van der Waals surface area (Å²) in [5.74, 6) is -0.503. The van der Waals surface area contributed by atoms with E-state index >= 15 is 4.39 Å². The van der Waals surface area contributed by atoms with Crippen LogP contribution in [0.1, 0.15) is 34.6 Å². The van der Waals surface area contributed by atoms with Gasteiger partial charge >= 0.3 is 29.6 Å². The molecule has 2 aliphatic heterocycles. The maximum atomic E-state index is 15.1. The van der Waals surface area contributed by atoms with Gasteiger partial charge in [0.15, 0.2) is 11.6 Å². The minimum Gasteiger partial charge on any atom is -0.550 e. The molecule has 2 aromatic carbocycles. The van der Waals surface area contributed by atoms with E-state index in [-0.39, 0.29) is 47.7 Å². The van der Waals surface area contributed by atoms with Gasteiger partial charge in [0.1, 0.15) is 5.75 Å². The SMILES string of the molecule is Cc1ccc(CNc2ccc3c(c2)OCC3CC(=O)[O-])c(C)c1-c1cnc(N2CCOCC2)c(F)c1.[Na+]. The molecule has 1 N–H and O–H groups in total. The van der Waals surface area contributed by atoms with Crippen LogP contribution >= 0.6 is 0 Å². The fraction of sp³-hybridized carbons (Fsp3) is 0.357. The normalized spacial score (nSPS) is 16.5. The summed E-state index contributed by atoms with van der Waals surface area (Å²) in [7, 11) is 0. The first-order valence-electron chi connectivity index (χ1n) is 12.2. The molecule has 0 amide bonds. The van der Waals surface area contributed by atoms with Crippen LogP contribution in [-0.2, 0) is 16.1 Å². The number of carboxylic acids is 1. The number of halogens is 1. The van der Waals surface area contributed by atoms with Crippen molar-refractivity contribution in [3.05, 3.63) is 70.7 Å². The molecule has 0 saturated carbocycles. The molecule has 1 saturated heterocycles. The van der Waals surface area contributed by atoms with E-state index < -0.39 is 5.97 Å². The van der Waals surface area contributed by atoms with E-state index in [4.69, 9.17) is 9.47 Å². The number of carboxylic acid groups (broad SMARTS) is 1. The first-order chi connectivity index (χ1) is 17.4. The van der Waals surface area contributed by atoms with Crippen LogP contribution in [0, 0.1) is 19.7 Å². The molecule has 1 atom stereocenters. The minimum absolute atomic E-state index is 0. The summed E-state index contributed by atoms with van der Waals surface area (Å²) >= 11 is 0. The maximum Gasteiger partial charge on any atom is 1.00 e. The molecule has 0 radical (unpaired) electrons. The Morgan fingerprint density at radius 1 is 1.19 bits per heavy atom. The number of carbonyl (C=O) groups is 1. The zero-order valence-electron chi connectivity index (χ0n) is 21.5. The van der Waals surface area contributed by atoms with Gasteiger partial charge in [-0.15, -0.1) is 0 Å². The van der Waals surface area contributed by atoms with Gasteiger partial charge in [0.2, 0.25) is 0 Å². The van der Waals surface area contributed by atoms with Gasteiger partial charge in [0, 0.05) is 60.6 Å². The molecule has 1 unspecified atom stereocenters. The first-order valence-corrected chi connectivity index (χ1v) is 12.2. The molecular weight excluding hydrogens is 484 g/mol. The summed E-state index contributed by atoms with van der Waals surface area (Å²) in [6.07, 6.45) is 1.70. The Balaban J connectivity index is 0.00000320. The second-order valence-electron chi connectivity index (χ2n) is 9.36. The van der Waals surface area contributed by atoms with E-state index in [1.54, 1.807) is 12.3 Å². The molecular formula is C28H29FN3NaO4. The molecule has 1 fully saturated rings. The van der Waals surface area contributed by atoms with Gasteiger partial charge in [0.05, 0.1) is 19.8 Å². The van der Waals surface area contributed by atoms with E-state index in [1.165, 1.54) is 0 Å². The molecule has 2 aliphatic rings. The van der Waals surface area contributed by atoms with Gasteiger partial charge < -0.3 is 29.6 Å². The second-order valence-corrected chi connectivity index (χ2v) is 9.36. The zero-order chi connectivity index (χ0) is 25.2. The van der Waals surface area contributed by atoms with E-state index in [0.29, 0.717) is 51.0 Å². The van der Waals surface area contributed by atoms with E-state index in [0.717, 1.165) is 39.1 Å². The largest absolute Gasteiger partial charge is 1.00 e. The van der Waals surface area contributed by atoms with Crippen molar-refractivity contribution in [1.82, 2.24) is 4.98 Å². The molecule has 0 bridgehead atoms. The van der Waals surface area contributed by atoms with E-state index in [9.17, 15) is 9.90 Å². The number of hydrogen-bond acceptors (Lipinski definition) is 7. The second kappa shape index (κ2) is 11.8. The number of aliphatic carboxylic acids is 1. The van der Waals surface area contributed by atoms with Crippen molar-refractivity contribution in [3.63, 3.8) is 0 Å². The number of nitrogens with zero attached hydrogens (tertiary/aromatic N) is 2. The van der Waals surface area contributed by atoms with Crippen LogP contribution in [0.3, 0.4) is 0 Å². The van der Waals surface area contributed by atoms with Crippen LogP contribution in [-0.4, -0.2) is 43.9 Å². The minimum atomic E-state index is -1.07. The molecule has 0 aliphatic carbocycles. The maximum absolute atomic E-state index is 15.1. The number of aromatic nitrogens is 1. The number of benzene rings is 2. The summed E-state index contributed by atoms with van der Waals surface area (Å²) in [6.45, 7) is 7.41. The van der Waals surface area contributed by atoms with Crippen molar-refractivity contribution < 1.29 is 53.3 Å². The van der Waals surface area contributed by atoms with Crippen molar-refractivity contribution in [2.45, 2.75) is 32.7 Å². The van der Waals surface area contributed by atoms with Crippen LogP contribution in [0.2, 0.25) is 0 Å². The van der Waals surface area contributed by atoms with Crippen molar-refractivity contribution >= 4 is 17.5 Å². The third kappa shape index (κ3) is 5.93. The summed E-state index contributed by atoms with van der Waals surface area (Å²) in [5.41, 5.74) is 6.73. The molecule has 188 valence electrons. The van der Waals surface area contributed by atoms with E-state index in [1.807, 2.05) is 43.0 Å². The third-order valence-electron chi connectivity index (χ3n) is 7.00. The predicted molar refractivity (Wildman–Crippen MR) is 134 cm³/mol. The summed E-state index contributed by atoms with van der Waals surface area (Å²) in [4.78, 5) is 17.4. The Labute approximate surface area is 238 Å². The van der Waals surface area contributed by atoms with Crippen LogP contribution in [0.25, 0.3) is 11.1 Å². The van der Waals surface area contributed by atoms with E-state index in [2.05, 4.69) is 16.4 Å². The molecule has 5 rings (SSSR count). The number of anilines is 2. The number of nitrogens with one attached hydrogen (secondary N) is 1. The monoisotopic (exact) mass is 513 g/mol. The number of aryl methyl sites for hydroxylation is 1. The average molecular weight is 514 g/mol. The van der Waals surface area contributed by atoms with Crippen molar-refractivity contribution in [2.75, 3.05) is 43.1 Å². The van der Waals surface area contributed by atoms with Crippen molar-refractivity contribution in [3.8, 4) is 16.9 Å². The smallest absolute Gasteiger partial charge is 0.550 e. The van der Waals surface area contributed by atoms with Crippen LogP contribution < -0.4 is 49.6 Å². The molecule has 0 spiro atoms. The van der Waals surface area contributed by atoms with Gasteiger partial charge in [-0.2, -0.15) is 0 Å². The number of morpholine rings is 1. The molecule has 9 heteroatoms. The van der Waals surface area contributed by atoms with Gasteiger partial charge in [-0.3, -0.25) is 0 Å². The zero-order valence-corrected chi connectivity index (χ0v) is 23.5. The van der Waals surface area contributed by atoms with Crippen molar-refractivity contribution in [1.29, 1.82) is 0 Å². The molecule has 3 aromatic rings. The van der Waals surface area contributed by atoms with Crippen LogP contribution in [0.5, 0.6) is 5.75 Å². The number of carbonyl (C=O) groups excluding carboxylic acids is 1. The summed E-state index contributed by atoms with van der Waals surface area (Å²) < 4.78 is 26.1. The van der Waals surface area contributed by atoms with Gasteiger partial charge in [-0.25, -0.2) is 9.37 Å². The van der Waals surface area contributed by atoms with Gasteiger partial charge in [0.25, 0.3) is 0 Å². The summed E-state index contributed by atoms with van der Waals surface area (Å²) in [6, 6.07) is 11.4. The number of rotatable bonds is 7. The Kier molecular flexibility index (Phi) is 8.75. The molecule has 3 heterocycles. The number of hydrogen-bond donors (Lipinski definition) is 1. The molecule has 7 nitrogen and oxygen atoms in total. The predicted octanol–water partition coefficient (Wildman–Crippen LogP) is 0.573. The first kappa shape index (κ1) is 27.4. The van der Waals surface area contributed by atoms with Gasteiger partial charge in [-0.05, 0) is 54.7 Å². The Bertz CT molecular complexity index is 1300. The fourth-order valence-corrected chi connectivity index (χ4v) is 5.06. The van der Waals surface area contributed by atoms with Crippen molar-refractivity contribution in [2.24, 2.45) is 0 Å². The number of fused-ring (bicyclic) bond motifs is 1. The number of ether oxygens (including phenoxy) is 2. The quantitative estimate of drug-likeness (QED) is 0.463. The summed E-state index contributed by atoms with van der Waals surface area (Å²) in [5, 5.41) is 14.4. The molecule has 1 aromatic heterocycles. The standard InChI is InChI=1S/C28H30FN3O4.Na/c1-17-3-4-19(14-30-22-5-6-23-21(12-26(33)34)16-36-25(23)13-22)18(2)27(17)20-11-24(29)28(31-15-20)32-7-9-35-10-8-32;/h3-6,11,13,15,21,30H,7-10,12,14,16H2,1-2H3,(H,33,34);/q;+1/p-1. The van der Waals surface area contributed by atoms with Crippen LogP contribution in [0.4, 0.5) is 15.9 Å². The van der Waals surface area contributed by atoms with Crippen LogP contribution in [0.15, 0.2) is 42.6 Å². The Morgan fingerprint density at radius 3 is 2.70 bits per heavy atom. The Morgan fingerprint density at radius 2 is 1.97 bits per heavy atom. The average Bonchev–Trinajstić information content (AvgIpc) is 3.25. The number of pyridine rings is 1.